The number of nitrogens with zero attached hydrogens (tertiary/aromatic N) is 1. The smallest absolute Gasteiger partial charge is 0.309 e. The molecule has 3 heteroatoms. The van der Waals surface area contributed by atoms with Gasteiger partial charge in [-0.3, -0.25) is 4.79 Å². The molecule has 23 heavy (non-hydrogen) atoms. The molecule has 3 nitrogen and oxygen atoms in total. The lowest BCUT2D eigenvalue weighted by Crippen LogP contribution is -2.29. The van der Waals surface area contributed by atoms with Crippen LogP contribution in [0.5, 0.6) is 0 Å². The van der Waals surface area contributed by atoms with Crippen LogP contribution in [0.3, 0.4) is 0 Å². The normalized spacial score (nSPS) is 32.0. The van der Waals surface area contributed by atoms with Gasteiger partial charge in [-0.05, 0) is 63.2 Å². The third-order valence-corrected chi connectivity index (χ3v) is 5.42. The molecule has 2 saturated carbocycles. The van der Waals surface area contributed by atoms with Gasteiger partial charge in [-0.25, -0.2) is 0 Å². The number of nitriles is 1. The Morgan fingerprint density at radius 2 is 1.78 bits per heavy atom. The van der Waals surface area contributed by atoms with Crippen molar-refractivity contribution in [3.63, 3.8) is 0 Å². The van der Waals surface area contributed by atoms with Crippen molar-refractivity contribution in [2.24, 2.45) is 17.8 Å². The van der Waals surface area contributed by atoms with Crippen molar-refractivity contribution in [1.82, 2.24) is 0 Å². The standard InChI is InChI=1S/C20H29NO2/c1-2-16-7-11-18(12-8-16)20(22)23-19-13-9-17(10-14-19)6-4-3-5-15-21/h3-6,16-19H,2,7-14H2,1H3/t16-,17-,18-,19-. The number of carbonyl (C=O) groups excluding carboxylic acids is 1. The number of rotatable bonds is 5. The van der Waals surface area contributed by atoms with Crippen molar-refractivity contribution >= 4 is 5.97 Å². The van der Waals surface area contributed by atoms with Gasteiger partial charge in [0, 0.05) is 6.08 Å². The monoisotopic (exact) mass is 315 g/mol. The highest BCUT2D eigenvalue weighted by Crippen LogP contribution is 2.33. The van der Waals surface area contributed by atoms with Crippen molar-refractivity contribution in [2.45, 2.75) is 70.8 Å². The Morgan fingerprint density at radius 3 is 2.39 bits per heavy atom. The number of hydrogen-bond acceptors (Lipinski definition) is 3. The van der Waals surface area contributed by atoms with E-state index >= 15 is 0 Å². The summed E-state index contributed by atoms with van der Waals surface area (Å²) in [4.78, 5) is 12.3. The predicted molar refractivity (Wildman–Crippen MR) is 91.5 cm³/mol. The molecule has 0 N–H and O–H groups in total. The number of hydrogen-bond donors (Lipinski definition) is 0. The number of allylic oxidation sites excluding steroid dienone is 4. The minimum atomic E-state index is 0.0514. The first-order valence-electron chi connectivity index (χ1n) is 9.16. The SMILES string of the molecule is CC[C@H]1CC[C@H](C(=O)O[C@H]2CC[C@H](C=CC=CC#N)CC2)CC1. The minimum absolute atomic E-state index is 0.0514. The summed E-state index contributed by atoms with van der Waals surface area (Å²) in [6, 6.07) is 1.98. The van der Waals surface area contributed by atoms with Gasteiger partial charge in [-0.1, -0.05) is 31.6 Å². The number of ether oxygens (including phenoxy) is 1. The summed E-state index contributed by atoms with van der Waals surface area (Å²) >= 11 is 0. The van der Waals surface area contributed by atoms with Crippen molar-refractivity contribution in [2.75, 3.05) is 0 Å². The first-order valence-corrected chi connectivity index (χ1v) is 9.16. The molecule has 0 aromatic carbocycles. The van der Waals surface area contributed by atoms with Crippen LogP contribution in [0.15, 0.2) is 24.3 Å². The summed E-state index contributed by atoms with van der Waals surface area (Å²) in [6.07, 6.45) is 17.2. The maximum absolute atomic E-state index is 12.3. The fraction of sp³-hybridized carbons (Fsp3) is 0.700. The lowest BCUT2D eigenvalue weighted by molar-refractivity contribution is -0.157. The van der Waals surface area contributed by atoms with Crippen LogP contribution < -0.4 is 0 Å². The quantitative estimate of drug-likeness (QED) is 0.410. The van der Waals surface area contributed by atoms with Gasteiger partial charge >= 0.3 is 5.97 Å². The Balaban J connectivity index is 1.68. The largest absolute Gasteiger partial charge is 0.462 e. The van der Waals surface area contributed by atoms with Gasteiger partial charge in [0.1, 0.15) is 6.10 Å². The highest BCUT2D eigenvalue weighted by Gasteiger charge is 2.29. The highest BCUT2D eigenvalue weighted by molar-refractivity contribution is 5.72. The molecule has 0 aromatic heterocycles. The maximum Gasteiger partial charge on any atom is 0.309 e. The average Bonchev–Trinajstić information content (AvgIpc) is 2.60. The van der Waals surface area contributed by atoms with E-state index in [1.807, 2.05) is 12.1 Å². The molecule has 2 fully saturated rings. The molecule has 0 spiro atoms. The topological polar surface area (TPSA) is 50.1 Å². The molecule has 0 atom stereocenters. The van der Waals surface area contributed by atoms with E-state index in [0.717, 1.165) is 44.4 Å². The fourth-order valence-corrected chi connectivity index (χ4v) is 3.79. The van der Waals surface area contributed by atoms with Crippen LogP contribution in [-0.4, -0.2) is 12.1 Å². The Labute approximate surface area is 140 Å². The summed E-state index contributed by atoms with van der Waals surface area (Å²) in [7, 11) is 0. The van der Waals surface area contributed by atoms with E-state index in [4.69, 9.17) is 10.00 Å². The molecule has 0 unspecified atom stereocenters. The first-order chi connectivity index (χ1) is 11.2. The third-order valence-electron chi connectivity index (χ3n) is 5.42. The Hall–Kier alpha value is -1.56. The Kier molecular flexibility index (Phi) is 7.39. The second kappa shape index (κ2) is 9.55. The van der Waals surface area contributed by atoms with Gasteiger partial charge in [0.15, 0.2) is 0 Å². The van der Waals surface area contributed by atoms with Gasteiger partial charge in [0.05, 0.1) is 12.0 Å². The second-order valence-electron chi connectivity index (χ2n) is 6.97. The lowest BCUT2D eigenvalue weighted by Gasteiger charge is -2.30. The lowest BCUT2D eigenvalue weighted by atomic mass is 9.81. The van der Waals surface area contributed by atoms with Crippen LogP contribution in [0.25, 0.3) is 0 Å². The highest BCUT2D eigenvalue weighted by atomic mass is 16.5. The van der Waals surface area contributed by atoms with E-state index in [0.29, 0.717) is 5.92 Å². The summed E-state index contributed by atoms with van der Waals surface area (Å²) in [5.41, 5.74) is 0. The molecule has 0 aliphatic heterocycles. The average molecular weight is 315 g/mol. The van der Waals surface area contributed by atoms with Gasteiger partial charge in [0.2, 0.25) is 0 Å². The van der Waals surface area contributed by atoms with Crippen molar-refractivity contribution in [1.29, 1.82) is 5.26 Å². The molecular weight excluding hydrogens is 286 g/mol. The van der Waals surface area contributed by atoms with Crippen LogP contribution >= 0.6 is 0 Å². The molecule has 2 rings (SSSR count). The summed E-state index contributed by atoms with van der Waals surface area (Å²) in [5.74, 6) is 1.56. The van der Waals surface area contributed by atoms with Gasteiger partial charge in [0.25, 0.3) is 0 Å². The summed E-state index contributed by atoms with van der Waals surface area (Å²) in [5, 5.41) is 8.44. The Morgan fingerprint density at radius 1 is 1.09 bits per heavy atom. The second-order valence-corrected chi connectivity index (χ2v) is 6.97. The molecule has 0 radical (unpaired) electrons. The molecular formula is C20H29NO2. The number of esters is 1. The van der Waals surface area contributed by atoms with Crippen molar-refractivity contribution in [3.8, 4) is 6.07 Å². The third kappa shape index (κ3) is 5.86. The van der Waals surface area contributed by atoms with E-state index in [-0.39, 0.29) is 18.0 Å². The van der Waals surface area contributed by atoms with Crippen LogP contribution in [0.2, 0.25) is 0 Å². The maximum atomic E-state index is 12.3. The van der Waals surface area contributed by atoms with Crippen molar-refractivity contribution in [3.05, 3.63) is 24.3 Å². The van der Waals surface area contributed by atoms with Crippen LogP contribution in [-0.2, 0) is 9.53 Å². The van der Waals surface area contributed by atoms with E-state index in [2.05, 4.69) is 13.0 Å². The van der Waals surface area contributed by atoms with Crippen molar-refractivity contribution < 1.29 is 9.53 Å². The van der Waals surface area contributed by atoms with Crippen LogP contribution in [0.1, 0.15) is 64.7 Å². The summed E-state index contributed by atoms with van der Waals surface area (Å²) < 4.78 is 5.77. The molecule has 2 aliphatic carbocycles. The zero-order valence-electron chi connectivity index (χ0n) is 14.2. The first kappa shape index (κ1) is 17.8. The molecule has 0 amide bonds. The zero-order valence-corrected chi connectivity index (χ0v) is 14.2. The number of carbonyl (C=O) groups is 1. The predicted octanol–water partition coefficient (Wildman–Crippen LogP) is 4.94. The minimum Gasteiger partial charge on any atom is -0.462 e. The zero-order chi connectivity index (χ0) is 16.5. The van der Waals surface area contributed by atoms with Gasteiger partial charge < -0.3 is 4.74 Å². The summed E-state index contributed by atoms with van der Waals surface area (Å²) in [6.45, 7) is 2.24. The molecule has 0 aromatic rings. The van der Waals surface area contributed by atoms with Crippen LogP contribution in [0.4, 0.5) is 0 Å². The Bertz CT molecular complexity index is 459. The van der Waals surface area contributed by atoms with Crippen LogP contribution in [0, 0.1) is 29.1 Å². The molecule has 2 aliphatic rings. The van der Waals surface area contributed by atoms with E-state index in [9.17, 15) is 4.79 Å². The molecule has 0 bridgehead atoms. The molecule has 0 saturated heterocycles. The van der Waals surface area contributed by atoms with Gasteiger partial charge in [-0.15, -0.1) is 0 Å². The van der Waals surface area contributed by atoms with Gasteiger partial charge in [-0.2, -0.15) is 5.26 Å². The van der Waals surface area contributed by atoms with E-state index in [1.165, 1.54) is 25.3 Å². The molecule has 0 heterocycles. The van der Waals surface area contributed by atoms with E-state index < -0.39 is 0 Å². The van der Waals surface area contributed by atoms with E-state index in [1.54, 1.807) is 6.08 Å². The fourth-order valence-electron chi connectivity index (χ4n) is 3.79. The molecule has 126 valence electrons.